The fourth-order valence-electron chi connectivity index (χ4n) is 3.69. The molecule has 1 aromatic carbocycles. The van der Waals surface area contributed by atoms with Crippen molar-refractivity contribution >= 4 is 34.4 Å². The number of para-hydroxylation sites is 1. The first-order chi connectivity index (χ1) is 13.8. The largest absolute Gasteiger partial charge is 0.313 e. The van der Waals surface area contributed by atoms with Crippen LogP contribution >= 0.6 is 11.8 Å². The molecule has 3 heterocycles. The van der Waals surface area contributed by atoms with Crippen molar-refractivity contribution in [2.45, 2.75) is 50.9 Å². The van der Waals surface area contributed by atoms with Gasteiger partial charge in [-0.05, 0) is 39.8 Å². The summed E-state index contributed by atoms with van der Waals surface area (Å²) in [7, 11) is 0. The maximum Gasteiger partial charge on any atom is 0.265 e. The van der Waals surface area contributed by atoms with Crippen LogP contribution in [0.5, 0.6) is 0 Å². The van der Waals surface area contributed by atoms with Gasteiger partial charge < -0.3 is 4.90 Å². The van der Waals surface area contributed by atoms with Crippen LogP contribution in [0.25, 0.3) is 11.0 Å². The van der Waals surface area contributed by atoms with Gasteiger partial charge in [0.05, 0.1) is 17.8 Å². The van der Waals surface area contributed by atoms with Crippen molar-refractivity contribution in [2.75, 3.05) is 17.2 Å². The Bertz CT molecular complexity index is 1110. The number of benzene rings is 1. The van der Waals surface area contributed by atoms with Crippen molar-refractivity contribution in [3.05, 3.63) is 46.9 Å². The smallest absolute Gasteiger partial charge is 0.265 e. The zero-order valence-corrected chi connectivity index (χ0v) is 17.9. The molecule has 0 aliphatic carbocycles. The molecule has 152 valence electrons. The van der Waals surface area contributed by atoms with Crippen molar-refractivity contribution < 1.29 is 4.79 Å². The topological polar surface area (TPSA) is 73.0 Å². The summed E-state index contributed by atoms with van der Waals surface area (Å²) in [5, 5.41) is 5.55. The minimum absolute atomic E-state index is 0.00883. The van der Waals surface area contributed by atoms with E-state index in [1.54, 1.807) is 20.3 Å². The Morgan fingerprint density at radius 3 is 2.66 bits per heavy atom. The molecule has 2 aromatic heterocycles. The summed E-state index contributed by atoms with van der Waals surface area (Å²) in [6.45, 7) is 8.64. The molecule has 1 aliphatic rings. The summed E-state index contributed by atoms with van der Waals surface area (Å²) in [6.07, 6.45) is 1.86. The highest BCUT2D eigenvalue weighted by Gasteiger charge is 2.31. The Hall–Kier alpha value is -2.61. The molecular formula is C21H25N5O2S. The van der Waals surface area contributed by atoms with Gasteiger partial charge >= 0.3 is 0 Å². The highest BCUT2D eigenvalue weighted by Crippen LogP contribution is 2.34. The van der Waals surface area contributed by atoms with Gasteiger partial charge in [0.15, 0.2) is 10.8 Å². The molecule has 0 radical (unpaired) electrons. The van der Waals surface area contributed by atoms with Gasteiger partial charge in [-0.3, -0.25) is 14.2 Å². The van der Waals surface area contributed by atoms with Gasteiger partial charge in [-0.15, -0.1) is 0 Å². The molecule has 1 amide bonds. The molecular weight excluding hydrogens is 386 g/mol. The molecule has 0 spiro atoms. The number of aromatic nitrogens is 4. The van der Waals surface area contributed by atoms with E-state index in [0.29, 0.717) is 28.5 Å². The molecule has 0 bridgehead atoms. The Morgan fingerprint density at radius 2 is 2.00 bits per heavy atom. The molecule has 29 heavy (non-hydrogen) atoms. The summed E-state index contributed by atoms with van der Waals surface area (Å²) in [5.74, 6) is 0.671. The number of thioether (sulfide) groups is 1. The standard InChI is InChI=1S/C21H25N5O2S/c1-5-24(14-9-7-6-8-10-14)17(27)11-15-13-29-20-23-18-16(19(28)25(15)20)12-22-26(18)21(2,3)4/h6-10,12,15H,5,11,13H2,1-4H3. The van der Waals surface area contributed by atoms with Gasteiger partial charge in [0.2, 0.25) is 5.91 Å². The minimum Gasteiger partial charge on any atom is -0.313 e. The van der Waals surface area contributed by atoms with E-state index in [1.807, 2.05) is 58.0 Å². The van der Waals surface area contributed by atoms with E-state index in [9.17, 15) is 9.59 Å². The Balaban J connectivity index is 1.67. The number of nitrogens with zero attached hydrogens (tertiary/aromatic N) is 5. The number of hydrogen-bond acceptors (Lipinski definition) is 5. The maximum atomic E-state index is 13.2. The van der Waals surface area contributed by atoms with Gasteiger partial charge in [0, 0.05) is 24.4 Å². The van der Waals surface area contributed by atoms with Crippen molar-refractivity contribution in [1.82, 2.24) is 19.3 Å². The average molecular weight is 412 g/mol. The molecule has 8 heteroatoms. The number of carbonyl (C=O) groups is 1. The van der Waals surface area contributed by atoms with Gasteiger partial charge in [0.1, 0.15) is 5.39 Å². The van der Waals surface area contributed by atoms with Gasteiger partial charge in [0.25, 0.3) is 5.56 Å². The lowest BCUT2D eigenvalue weighted by molar-refractivity contribution is -0.119. The summed E-state index contributed by atoms with van der Waals surface area (Å²) < 4.78 is 3.47. The van der Waals surface area contributed by atoms with Crippen molar-refractivity contribution in [3.8, 4) is 0 Å². The zero-order valence-electron chi connectivity index (χ0n) is 17.1. The Morgan fingerprint density at radius 1 is 1.28 bits per heavy atom. The van der Waals surface area contributed by atoms with Crippen LogP contribution in [0.15, 0.2) is 46.5 Å². The van der Waals surface area contributed by atoms with E-state index in [1.165, 1.54) is 11.8 Å². The highest BCUT2D eigenvalue weighted by atomic mass is 32.2. The van der Waals surface area contributed by atoms with Crippen LogP contribution in [0.3, 0.4) is 0 Å². The van der Waals surface area contributed by atoms with Crippen molar-refractivity contribution in [2.24, 2.45) is 0 Å². The Kier molecular flexibility index (Phi) is 4.98. The third kappa shape index (κ3) is 3.46. The SMILES string of the molecule is CCN(C(=O)CC1CSc2nc3c(cnn3C(C)(C)C)c(=O)n21)c1ccccc1. The second-order valence-electron chi connectivity index (χ2n) is 8.18. The number of carbonyl (C=O) groups excluding carboxylic acids is 1. The molecule has 0 fully saturated rings. The summed E-state index contributed by atoms with van der Waals surface area (Å²) in [4.78, 5) is 32.7. The third-order valence-electron chi connectivity index (χ3n) is 5.10. The lowest BCUT2D eigenvalue weighted by atomic mass is 10.1. The second-order valence-corrected chi connectivity index (χ2v) is 9.16. The molecule has 3 aromatic rings. The van der Waals surface area contributed by atoms with E-state index >= 15 is 0 Å². The first-order valence-electron chi connectivity index (χ1n) is 9.80. The number of amides is 1. The molecule has 1 atom stereocenters. The van der Waals surface area contributed by atoms with E-state index in [2.05, 4.69) is 5.10 Å². The van der Waals surface area contributed by atoms with Crippen LogP contribution in [0.1, 0.15) is 40.2 Å². The fourth-order valence-corrected chi connectivity index (χ4v) is 4.82. The monoisotopic (exact) mass is 411 g/mol. The summed E-state index contributed by atoms with van der Waals surface area (Å²) in [6, 6.07) is 9.42. The van der Waals surface area contributed by atoms with Crippen LogP contribution in [-0.4, -0.2) is 37.5 Å². The average Bonchev–Trinajstić information content (AvgIpc) is 3.28. The van der Waals surface area contributed by atoms with Crippen LogP contribution in [-0.2, 0) is 10.3 Å². The summed E-state index contributed by atoms with van der Waals surface area (Å²) in [5.41, 5.74) is 1.09. The number of rotatable bonds is 4. The molecule has 0 saturated heterocycles. The highest BCUT2D eigenvalue weighted by molar-refractivity contribution is 7.99. The number of anilines is 1. The summed E-state index contributed by atoms with van der Waals surface area (Å²) >= 11 is 1.52. The van der Waals surface area contributed by atoms with Crippen LogP contribution in [0.4, 0.5) is 5.69 Å². The second kappa shape index (κ2) is 7.33. The minimum atomic E-state index is -0.268. The Labute approximate surface area is 173 Å². The first-order valence-corrected chi connectivity index (χ1v) is 10.8. The van der Waals surface area contributed by atoms with Crippen LogP contribution in [0, 0.1) is 0 Å². The fraction of sp³-hybridized carbons (Fsp3) is 0.429. The maximum absolute atomic E-state index is 13.2. The zero-order chi connectivity index (χ0) is 20.8. The number of fused-ring (bicyclic) bond motifs is 2. The predicted molar refractivity (Wildman–Crippen MR) is 116 cm³/mol. The molecule has 0 saturated carbocycles. The molecule has 1 aliphatic heterocycles. The van der Waals surface area contributed by atoms with Crippen LogP contribution in [0.2, 0.25) is 0 Å². The molecule has 0 N–H and O–H groups in total. The van der Waals surface area contributed by atoms with Gasteiger partial charge in [-0.2, -0.15) is 5.10 Å². The van der Waals surface area contributed by atoms with Gasteiger partial charge in [-0.25, -0.2) is 9.67 Å². The first kappa shape index (κ1) is 19.7. The lowest BCUT2D eigenvalue weighted by Crippen LogP contribution is -2.34. The normalized spacial score (nSPS) is 16.2. The lowest BCUT2D eigenvalue weighted by Gasteiger charge is -2.23. The predicted octanol–water partition coefficient (Wildman–Crippen LogP) is 3.44. The third-order valence-corrected chi connectivity index (χ3v) is 6.20. The van der Waals surface area contributed by atoms with Crippen LogP contribution < -0.4 is 10.5 Å². The van der Waals surface area contributed by atoms with E-state index in [0.717, 1.165) is 5.69 Å². The number of hydrogen-bond donors (Lipinski definition) is 0. The molecule has 1 unspecified atom stereocenters. The molecule has 4 rings (SSSR count). The van der Waals surface area contributed by atoms with E-state index in [-0.39, 0.29) is 29.5 Å². The molecule has 7 nitrogen and oxygen atoms in total. The quantitative estimate of drug-likeness (QED) is 0.615. The van der Waals surface area contributed by atoms with Crippen molar-refractivity contribution in [3.63, 3.8) is 0 Å². The van der Waals surface area contributed by atoms with Gasteiger partial charge in [-0.1, -0.05) is 30.0 Å². The van der Waals surface area contributed by atoms with Crippen molar-refractivity contribution in [1.29, 1.82) is 0 Å². The van der Waals surface area contributed by atoms with E-state index in [4.69, 9.17) is 4.98 Å². The van der Waals surface area contributed by atoms with E-state index < -0.39 is 0 Å².